The fourth-order valence-corrected chi connectivity index (χ4v) is 2.55. The van der Waals surface area contributed by atoms with Gasteiger partial charge in [-0.1, -0.05) is 0 Å². The Bertz CT molecular complexity index is 262. The van der Waals surface area contributed by atoms with Crippen molar-refractivity contribution in [3.8, 4) is 0 Å². The van der Waals surface area contributed by atoms with Crippen LogP contribution in [-0.4, -0.2) is 44.3 Å². The zero-order valence-electron chi connectivity index (χ0n) is 7.06. The molecule has 0 saturated carbocycles. The predicted molar refractivity (Wildman–Crippen MR) is 44.3 cm³/mol. The van der Waals surface area contributed by atoms with Gasteiger partial charge in [0.15, 0.2) is 0 Å². The van der Waals surface area contributed by atoms with Crippen LogP contribution in [0.3, 0.4) is 0 Å². The molecule has 70 valence electrons. The molecule has 0 aromatic carbocycles. The summed E-state index contributed by atoms with van der Waals surface area (Å²) in [6, 6.07) is 0. The zero-order chi connectivity index (χ0) is 8.77. The van der Waals surface area contributed by atoms with Crippen molar-refractivity contribution in [2.75, 3.05) is 19.3 Å². The minimum atomic E-state index is -2.97. The second-order valence-electron chi connectivity index (χ2n) is 3.45. The van der Waals surface area contributed by atoms with Crippen LogP contribution in [0.5, 0.6) is 0 Å². The van der Waals surface area contributed by atoms with Gasteiger partial charge in [-0.3, -0.25) is 0 Å². The van der Waals surface area contributed by atoms with Gasteiger partial charge in [-0.05, 0) is 12.8 Å². The third kappa shape index (κ3) is 1.62. The van der Waals surface area contributed by atoms with Gasteiger partial charge in [0.05, 0.1) is 18.5 Å². The van der Waals surface area contributed by atoms with E-state index in [1.54, 1.807) is 4.31 Å². The Balaban J connectivity index is 2.01. The highest BCUT2D eigenvalue weighted by Crippen LogP contribution is 2.31. The Hall–Kier alpha value is -0.130. The Labute approximate surface area is 72.6 Å². The number of epoxide rings is 1. The van der Waals surface area contributed by atoms with E-state index >= 15 is 0 Å². The molecule has 12 heavy (non-hydrogen) atoms. The maximum atomic E-state index is 11.1. The van der Waals surface area contributed by atoms with Gasteiger partial charge in [0, 0.05) is 13.1 Å². The van der Waals surface area contributed by atoms with Crippen molar-refractivity contribution in [2.45, 2.75) is 25.0 Å². The summed E-state index contributed by atoms with van der Waals surface area (Å²) in [6.45, 7) is 1.25. The molecule has 5 heteroatoms. The lowest BCUT2D eigenvalue weighted by atomic mass is 10.2. The van der Waals surface area contributed by atoms with E-state index in [4.69, 9.17) is 4.74 Å². The molecule has 0 aliphatic carbocycles. The van der Waals surface area contributed by atoms with Crippen molar-refractivity contribution < 1.29 is 13.2 Å². The molecule has 2 atom stereocenters. The lowest BCUT2D eigenvalue weighted by Gasteiger charge is -2.17. The van der Waals surface area contributed by atoms with Crippen LogP contribution in [0.2, 0.25) is 0 Å². The Kier molecular flexibility index (Phi) is 1.89. The Morgan fingerprint density at radius 3 is 2.17 bits per heavy atom. The summed E-state index contributed by atoms with van der Waals surface area (Å²) in [7, 11) is -2.97. The first-order valence-corrected chi connectivity index (χ1v) is 6.03. The number of hydrogen-bond acceptors (Lipinski definition) is 3. The third-order valence-electron chi connectivity index (χ3n) is 2.48. The molecule has 0 bridgehead atoms. The van der Waals surface area contributed by atoms with Crippen molar-refractivity contribution in [3.63, 3.8) is 0 Å². The van der Waals surface area contributed by atoms with Crippen molar-refractivity contribution in [2.24, 2.45) is 0 Å². The van der Waals surface area contributed by atoms with E-state index in [2.05, 4.69) is 0 Å². The molecule has 2 unspecified atom stereocenters. The van der Waals surface area contributed by atoms with Crippen LogP contribution in [0, 0.1) is 0 Å². The summed E-state index contributed by atoms with van der Waals surface area (Å²) in [5.41, 5.74) is 0. The summed E-state index contributed by atoms with van der Waals surface area (Å²) in [4.78, 5) is 0. The maximum Gasteiger partial charge on any atom is 0.211 e. The second kappa shape index (κ2) is 2.68. The van der Waals surface area contributed by atoms with Gasteiger partial charge in [0.25, 0.3) is 0 Å². The van der Waals surface area contributed by atoms with Gasteiger partial charge in [-0.2, -0.15) is 0 Å². The lowest BCUT2D eigenvalue weighted by Crippen LogP contribution is -2.31. The minimum Gasteiger partial charge on any atom is -0.369 e. The van der Waals surface area contributed by atoms with Crippen LogP contribution in [0.15, 0.2) is 0 Å². The van der Waals surface area contributed by atoms with Crippen LogP contribution < -0.4 is 0 Å². The van der Waals surface area contributed by atoms with Crippen LogP contribution >= 0.6 is 0 Å². The van der Waals surface area contributed by atoms with E-state index in [1.807, 2.05) is 0 Å². The highest BCUT2D eigenvalue weighted by Gasteiger charge is 2.41. The van der Waals surface area contributed by atoms with Crippen LogP contribution in [0.25, 0.3) is 0 Å². The normalized spacial score (nSPS) is 37.1. The molecule has 0 aromatic rings. The molecular weight excluding hydrogens is 178 g/mol. The van der Waals surface area contributed by atoms with Gasteiger partial charge in [-0.15, -0.1) is 0 Å². The van der Waals surface area contributed by atoms with Gasteiger partial charge >= 0.3 is 0 Å². The largest absolute Gasteiger partial charge is 0.369 e. The number of hydrogen-bond donors (Lipinski definition) is 0. The first-order valence-electron chi connectivity index (χ1n) is 4.18. The van der Waals surface area contributed by atoms with Gasteiger partial charge in [0.2, 0.25) is 10.0 Å². The number of rotatable bonds is 1. The SMILES string of the molecule is CS(=O)(=O)N1CCC2OC2CC1. The molecule has 0 aromatic heterocycles. The number of ether oxygens (including phenoxy) is 1. The smallest absolute Gasteiger partial charge is 0.211 e. The quantitative estimate of drug-likeness (QED) is 0.540. The minimum absolute atomic E-state index is 0.344. The summed E-state index contributed by atoms with van der Waals surface area (Å²) in [5.74, 6) is 0. The maximum absolute atomic E-state index is 11.1. The first kappa shape index (κ1) is 8.47. The molecule has 2 fully saturated rings. The zero-order valence-corrected chi connectivity index (χ0v) is 7.88. The molecule has 2 rings (SSSR count). The van der Waals surface area contributed by atoms with E-state index in [9.17, 15) is 8.42 Å². The molecule has 4 nitrogen and oxygen atoms in total. The first-order chi connectivity index (χ1) is 5.57. The molecular formula is C7H13NO3S. The van der Waals surface area contributed by atoms with Gasteiger partial charge in [0.1, 0.15) is 0 Å². The lowest BCUT2D eigenvalue weighted by molar-refractivity contribution is 0.301. The van der Waals surface area contributed by atoms with Crippen molar-refractivity contribution in [3.05, 3.63) is 0 Å². The van der Waals surface area contributed by atoms with Crippen molar-refractivity contribution in [1.29, 1.82) is 0 Å². The van der Waals surface area contributed by atoms with E-state index in [-0.39, 0.29) is 0 Å². The Morgan fingerprint density at radius 2 is 1.75 bits per heavy atom. The Morgan fingerprint density at radius 1 is 1.25 bits per heavy atom. The van der Waals surface area contributed by atoms with Crippen LogP contribution in [0.1, 0.15) is 12.8 Å². The van der Waals surface area contributed by atoms with Crippen LogP contribution in [-0.2, 0) is 14.8 Å². The molecule has 0 spiro atoms. The van der Waals surface area contributed by atoms with E-state index in [0.29, 0.717) is 25.3 Å². The van der Waals surface area contributed by atoms with Crippen molar-refractivity contribution >= 4 is 10.0 Å². The third-order valence-corrected chi connectivity index (χ3v) is 3.79. The molecule has 0 N–H and O–H groups in total. The molecule has 2 heterocycles. The highest BCUT2D eigenvalue weighted by molar-refractivity contribution is 7.88. The molecule has 0 amide bonds. The average Bonchev–Trinajstić information content (AvgIpc) is 2.57. The second-order valence-corrected chi connectivity index (χ2v) is 5.43. The van der Waals surface area contributed by atoms with Crippen LogP contribution in [0.4, 0.5) is 0 Å². The standard InChI is InChI=1S/C7H13NO3S/c1-12(9,10)8-4-2-6-7(11-6)3-5-8/h6-7H,2-5H2,1H3. The summed E-state index contributed by atoms with van der Waals surface area (Å²) in [5, 5.41) is 0. The van der Waals surface area contributed by atoms with Gasteiger partial charge in [-0.25, -0.2) is 12.7 Å². The van der Waals surface area contributed by atoms with E-state index in [1.165, 1.54) is 6.26 Å². The topological polar surface area (TPSA) is 49.9 Å². The highest BCUT2D eigenvalue weighted by atomic mass is 32.2. The molecule has 2 saturated heterocycles. The summed E-state index contributed by atoms with van der Waals surface area (Å²) < 4.78 is 29.1. The van der Waals surface area contributed by atoms with Gasteiger partial charge < -0.3 is 4.74 Å². The molecule has 2 aliphatic rings. The number of fused-ring (bicyclic) bond motifs is 1. The van der Waals surface area contributed by atoms with E-state index < -0.39 is 10.0 Å². The van der Waals surface area contributed by atoms with E-state index in [0.717, 1.165) is 12.8 Å². The fraction of sp³-hybridized carbons (Fsp3) is 1.00. The fourth-order valence-electron chi connectivity index (χ4n) is 1.67. The number of nitrogens with zero attached hydrogens (tertiary/aromatic N) is 1. The molecule has 0 radical (unpaired) electrons. The number of sulfonamides is 1. The average molecular weight is 191 g/mol. The predicted octanol–water partition coefficient (Wildman–Crippen LogP) is -0.191. The monoisotopic (exact) mass is 191 g/mol. The summed E-state index contributed by atoms with van der Waals surface area (Å²) >= 11 is 0. The summed E-state index contributed by atoms with van der Waals surface area (Å²) in [6.07, 6.45) is 3.67. The van der Waals surface area contributed by atoms with Crippen molar-refractivity contribution in [1.82, 2.24) is 4.31 Å². The molecule has 2 aliphatic heterocycles.